The highest BCUT2D eigenvalue weighted by Crippen LogP contribution is 2.41. The summed E-state index contributed by atoms with van der Waals surface area (Å²) in [6, 6.07) is 5.72. The number of esters is 2. The van der Waals surface area contributed by atoms with Crippen LogP contribution in [0.3, 0.4) is 0 Å². The van der Waals surface area contributed by atoms with Crippen molar-refractivity contribution in [3.05, 3.63) is 35.4 Å². The lowest BCUT2D eigenvalue weighted by molar-refractivity contribution is -0.216. The lowest BCUT2D eigenvalue weighted by Crippen LogP contribution is -2.41. The highest BCUT2D eigenvalue weighted by molar-refractivity contribution is 7.85. The molecule has 0 bridgehead atoms. The molecule has 180 valence electrons. The molecule has 0 saturated carbocycles. The van der Waals surface area contributed by atoms with Crippen LogP contribution in [-0.4, -0.2) is 55.0 Å². The van der Waals surface area contributed by atoms with Crippen molar-refractivity contribution < 1.29 is 54.0 Å². The summed E-state index contributed by atoms with van der Waals surface area (Å²) in [5.74, 6) is -9.84. The molecule has 0 aromatic heterocycles. The summed E-state index contributed by atoms with van der Waals surface area (Å²) in [5, 5.41) is 0. The maximum atomic E-state index is 13.4. The maximum absolute atomic E-state index is 13.4. The Morgan fingerprint density at radius 3 is 1.84 bits per heavy atom. The Kier molecular flexibility index (Phi) is 7.55. The van der Waals surface area contributed by atoms with Gasteiger partial charge in [-0.25, -0.2) is 8.78 Å². The van der Waals surface area contributed by atoms with Crippen LogP contribution in [-0.2, 0) is 29.2 Å². The molecule has 0 saturated heterocycles. The zero-order valence-electron chi connectivity index (χ0n) is 16.9. The largest absolute Gasteiger partial charge is 0.456 e. The predicted molar refractivity (Wildman–Crippen MR) is 99.7 cm³/mol. The number of benzene rings is 1. The van der Waals surface area contributed by atoms with Gasteiger partial charge in [0.1, 0.15) is 5.75 Å². The van der Waals surface area contributed by atoms with E-state index in [2.05, 4.69) is 4.74 Å². The molecule has 0 radical (unpaired) electrons. The van der Waals surface area contributed by atoms with Crippen molar-refractivity contribution in [2.45, 2.75) is 62.8 Å². The summed E-state index contributed by atoms with van der Waals surface area (Å²) in [4.78, 5) is 24.9. The Bertz CT molecular complexity index is 956. The molecule has 32 heavy (non-hydrogen) atoms. The molecule has 7 nitrogen and oxygen atoms in total. The lowest BCUT2D eigenvalue weighted by Gasteiger charge is -2.31. The summed E-state index contributed by atoms with van der Waals surface area (Å²) in [6.45, 7) is 1.59. The minimum atomic E-state index is -5.26. The number of rotatable bonds is 7. The van der Waals surface area contributed by atoms with Gasteiger partial charge in [0.25, 0.3) is 16.0 Å². The van der Waals surface area contributed by atoms with Crippen molar-refractivity contribution in [2.75, 3.05) is 5.75 Å². The van der Waals surface area contributed by atoms with E-state index in [0.29, 0.717) is 6.92 Å². The Morgan fingerprint density at radius 1 is 1.03 bits per heavy atom. The summed E-state index contributed by atoms with van der Waals surface area (Å²) >= 11 is 0. The normalized spacial score (nSPS) is 21.2. The number of ether oxygens (including phenoxy) is 2. The molecule has 0 spiro atoms. The summed E-state index contributed by atoms with van der Waals surface area (Å²) in [6.07, 6.45) is -10.4. The summed E-state index contributed by atoms with van der Waals surface area (Å²) in [5.41, 5.74) is 0.338. The lowest BCUT2D eigenvalue weighted by atomic mass is 9.76. The molecule has 1 aliphatic carbocycles. The van der Waals surface area contributed by atoms with E-state index in [1.54, 1.807) is 0 Å². The minimum Gasteiger partial charge on any atom is -0.456 e. The van der Waals surface area contributed by atoms with Crippen LogP contribution in [0.4, 0.5) is 22.0 Å². The van der Waals surface area contributed by atoms with Crippen molar-refractivity contribution in [1.29, 1.82) is 0 Å². The van der Waals surface area contributed by atoms with Crippen molar-refractivity contribution in [2.24, 2.45) is 0 Å². The first-order valence-corrected chi connectivity index (χ1v) is 11.0. The number of carbonyl (C=O) groups excluding carboxylic acids is 2. The van der Waals surface area contributed by atoms with E-state index in [0.717, 1.165) is 6.92 Å². The third-order valence-corrected chi connectivity index (χ3v) is 5.78. The van der Waals surface area contributed by atoms with Gasteiger partial charge in [0.2, 0.25) is 6.10 Å². The SMILES string of the molecule is CC(OC(=O)C1CCC(C(=O)OC(CS(=O)(=O)O)C(F)(F)F)c2ccccc21)C(C)(F)F. The fourth-order valence-corrected chi connectivity index (χ4v) is 3.89. The molecule has 1 aromatic carbocycles. The van der Waals surface area contributed by atoms with Gasteiger partial charge in [-0.05, 0) is 30.9 Å². The molecule has 4 unspecified atom stereocenters. The smallest absolute Gasteiger partial charge is 0.426 e. The second kappa shape index (κ2) is 9.30. The van der Waals surface area contributed by atoms with Crippen LogP contribution in [0.2, 0.25) is 0 Å². The van der Waals surface area contributed by atoms with Gasteiger partial charge < -0.3 is 9.47 Å². The van der Waals surface area contributed by atoms with Crippen molar-refractivity contribution >= 4 is 22.1 Å². The van der Waals surface area contributed by atoms with Crippen LogP contribution in [0, 0.1) is 0 Å². The van der Waals surface area contributed by atoms with Gasteiger partial charge in [-0.1, -0.05) is 24.3 Å². The molecule has 0 amide bonds. The van der Waals surface area contributed by atoms with Crippen LogP contribution in [0.5, 0.6) is 0 Å². The standard InChI is InChI=1S/C19H21F5O7S/c1-10(18(2,20)21)30-16(25)13-7-8-14(12-6-4-3-5-11(12)13)17(26)31-15(19(22,23)24)9-32(27,28)29/h3-6,10,13-15H,7-9H2,1-2H3,(H,27,28,29). The average molecular weight is 488 g/mol. The maximum Gasteiger partial charge on any atom is 0.426 e. The zero-order valence-corrected chi connectivity index (χ0v) is 17.8. The number of carbonyl (C=O) groups is 2. The minimum absolute atomic E-state index is 0.105. The molecular formula is C19H21F5O7S. The Morgan fingerprint density at radius 2 is 1.47 bits per heavy atom. The van der Waals surface area contributed by atoms with Gasteiger partial charge in [-0.2, -0.15) is 21.6 Å². The summed E-state index contributed by atoms with van der Waals surface area (Å²) < 4.78 is 106. The number of hydrogen-bond donors (Lipinski definition) is 1. The van der Waals surface area contributed by atoms with Crippen molar-refractivity contribution in [3.8, 4) is 0 Å². The third-order valence-electron chi connectivity index (χ3n) is 5.05. The molecule has 1 aromatic rings. The van der Waals surface area contributed by atoms with E-state index < -0.39 is 64.0 Å². The molecule has 1 aliphatic rings. The quantitative estimate of drug-likeness (QED) is 0.355. The van der Waals surface area contributed by atoms with Gasteiger partial charge in [0, 0.05) is 6.92 Å². The van der Waals surface area contributed by atoms with E-state index in [4.69, 9.17) is 9.29 Å². The molecule has 0 fully saturated rings. The van der Waals surface area contributed by atoms with Gasteiger partial charge in [0.15, 0.2) is 6.10 Å². The molecular weight excluding hydrogens is 467 g/mol. The fraction of sp³-hybridized carbons (Fsp3) is 0.579. The van der Waals surface area contributed by atoms with Gasteiger partial charge in [0.05, 0.1) is 11.8 Å². The van der Waals surface area contributed by atoms with Crippen LogP contribution in [0.15, 0.2) is 24.3 Å². The highest BCUT2D eigenvalue weighted by Gasteiger charge is 2.47. The topological polar surface area (TPSA) is 107 Å². The second-order valence-electron chi connectivity index (χ2n) is 7.56. The van der Waals surface area contributed by atoms with Gasteiger partial charge in [-0.3, -0.25) is 14.1 Å². The predicted octanol–water partition coefficient (Wildman–Crippen LogP) is 3.60. The van der Waals surface area contributed by atoms with Gasteiger partial charge in [-0.15, -0.1) is 0 Å². The first-order chi connectivity index (χ1) is 14.5. The molecule has 1 N–H and O–H groups in total. The Labute approximate surface area is 180 Å². The second-order valence-corrected chi connectivity index (χ2v) is 9.06. The fourth-order valence-electron chi connectivity index (χ4n) is 3.25. The molecule has 0 aliphatic heterocycles. The van der Waals surface area contributed by atoms with E-state index in [-0.39, 0.29) is 24.0 Å². The average Bonchev–Trinajstić information content (AvgIpc) is 2.63. The first kappa shape index (κ1) is 26.0. The molecule has 0 heterocycles. The van der Waals surface area contributed by atoms with Crippen LogP contribution >= 0.6 is 0 Å². The van der Waals surface area contributed by atoms with E-state index in [1.165, 1.54) is 24.3 Å². The molecule has 13 heteroatoms. The monoisotopic (exact) mass is 488 g/mol. The highest BCUT2D eigenvalue weighted by atomic mass is 32.2. The number of alkyl halides is 5. The van der Waals surface area contributed by atoms with Crippen LogP contribution in [0.25, 0.3) is 0 Å². The van der Waals surface area contributed by atoms with E-state index in [9.17, 15) is 40.0 Å². The molecule has 4 atom stereocenters. The number of halogens is 5. The first-order valence-electron chi connectivity index (χ1n) is 9.40. The van der Waals surface area contributed by atoms with Gasteiger partial charge >= 0.3 is 18.1 Å². The van der Waals surface area contributed by atoms with Crippen molar-refractivity contribution in [1.82, 2.24) is 0 Å². The Balaban J connectivity index is 2.26. The number of fused-ring (bicyclic) bond motifs is 1. The summed E-state index contributed by atoms with van der Waals surface area (Å²) in [7, 11) is -5.11. The third kappa shape index (κ3) is 6.61. The zero-order chi connectivity index (χ0) is 24.5. The van der Waals surface area contributed by atoms with Crippen LogP contribution < -0.4 is 0 Å². The van der Waals surface area contributed by atoms with E-state index in [1.807, 2.05) is 0 Å². The van der Waals surface area contributed by atoms with E-state index >= 15 is 0 Å². The molecule has 2 rings (SSSR count). The van der Waals surface area contributed by atoms with Crippen molar-refractivity contribution in [3.63, 3.8) is 0 Å². The van der Waals surface area contributed by atoms with Crippen LogP contribution in [0.1, 0.15) is 49.7 Å². The number of hydrogen-bond acceptors (Lipinski definition) is 6. The Hall–Kier alpha value is -2.28.